The van der Waals surface area contributed by atoms with Crippen LogP contribution in [0.1, 0.15) is 49.9 Å². The summed E-state index contributed by atoms with van der Waals surface area (Å²) in [6, 6.07) is 1.67. The minimum atomic E-state index is -1.54. The van der Waals surface area contributed by atoms with Gasteiger partial charge in [0, 0.05) is 18.2 Å². The molecule has 0 unspecified atom stereocenters. The van der Waals surface area contributed by atoms with Crippen molar-refractivity contribution in [1.82, 2.24) is 4.90 Å². The lowest BCUT2D eigenvalue weighted by molar-refractivity contribution is 0.0654. The van der Waals surface area contributed by atoms with E-state index in [1.165, 1.54) is 0 Å². The molecular weight excluding hydrogens is 279 g/mol. The van der Waals surface area contributed by atoms with Gasteiger partial charge >= 0.3 is 0 Å². The molecule has 0 bridgehead atoms. The van der Waals surface area contributed by atoms with E-state index in [0.717, 1.165) is 37.8 Å². The zero-order valence-corrected chi connectivity index (χ0v) is 12.3. The molecule has 0 heterocycles. The van der Waals surface area contributed by atoms with Crippen molar-refractivity contribution < 1.29 is 18.0 Å². The van der Waals surface area contributed by atoms with Crippen LogP contribution in [0.4, 0.5) is 13.2 Å². The number of carbonyl (C=O) groups is 1. The highest BCUT2D eigenvalue weighted by Crippen LogP contribution is 2.26. The Hall–Kier alpha value is -1.52. The van der Waals surface area contributed by atoms with Gasteiger partial charge in [-0.2, -0.15) is 0 Å². The van der Waals surface area contributed by atoms with E-state index in [1.54, 1.807) is 4.90 Å². The fourth-order valence-electron chi connectivity index (χ4n) is 2.85. The Labute approximate surface area is 122 Å². The smallest absolute Gasteiger partial charge is 0.254 e. The standard InChI is InChI=1S/C16H20F3NO/c1-10(2)9-20(12-5-3-4-6-12)16(21)11-7-13(17)15(19)14(18)8-11/h7-8,10,12H,3-6,9H2,1-2H3. The van der Waals surface area contributed by atoms with E-state index < -0.39 is 23.4 Å². The molecule has 0 N–H and O–H groups in total. The van der Waals surface area contributed by atoms with Crippen molar-refractivity contribution in [3.63, 3.8) is 0 Å². The van der Waals surface area contributed by atoms with Crippen molar-refractivity contribution >= 4 is 5.91 Å². The van der Waals surface area contributed by atoms with Crippen LogP contribution in [0.15, 0.2) is 12.1 Å². The van der Waals surface area contributed by atoms with Crippen LogP contribution in [0.3, 0.4) is 0 Å². The summed E-state index contributed by atoms with van der Waals surface area (Å²) in [6.07, 6.45) is 3.92. The predicted molar refractivity (Wildman–Crippen MR) is 74.4 cm³/mol. The minimum Gasteiger partial charge on any atom is -0.335 e. The third-order valence-electron chi connectivity index (χ3n) is 3.82. The summed E-state index contributed by atoms with van der Waals surface area (Å²) in [5.74, 6) is -4.36. The third kappa shape index (κ3) is 3.57. The molecular formula is C16H20F3NO. The first kappa shape index (κ1) is 15.9. The van der Waals surface area contributed by atoms with Crippen LogP contribution < -0.4 is 0 Å². The van der Waals surface area contributed by atoms with Gasteiger partial charge in [-0.15, -0.1) is 0 Å². The number of nitrogens with zero attached hydrogens (tertiary/aromatic N) is 1. The van der Waals surface area contributed by atoms with Crippen LogP contribution in [0.5, 0.6) is 0 Å². The van der Waals surface area contributed by atoms with E-state index in [-0.39, 0.29) is 17.5 Å². The van der Waals surface area contributed by atoms with Crippen LogP contribution in [-0.2, 0) is 0 Å². The normalized spacial score (nSPS) is 15.7. The van der Waals surface area contributed by atoms with Gasteiger partial charge in [-0.05, 0) is 30.9 Å². The van der Waals surface area contributed by atoms with E-state index >= 15 is 0 Å². The Morgan fingerprint density at radius 3 is 2.19 bits per heavy atom. The molecule has 1 aromatic rings. The molecule has 21 heavy (non-hydrogen) atoms. The van der Waals surface area contributed by atoms with Gasteiger partial charge in [-0.3, -0.25) is 4.79 Å². The lowest BCUT2D eigenvalue weighted by Crippen LogP contribution is -2.41. The quantitative estimate of drug-likeness (QED) is 0.765. The van der Waals surface area contributed by atoms with Crippen molar-refractivity contribution in [1.29, 1.82) is 0 Å². The van der Waals surface area contributed by atoms with Crippen LogP contribution >= 0.6 is 0 Å². The number of amides is 1. The summed E-state index contributed by atoms with van der Waals surface area (Å²) in [7, 11) is 0. The number of rotatable bonds is 4. The molecule has 0 spiro atoms. The molecule has 0 aliphatic heterocycles. The number of halogens is 3. The van der Waals surface area contributed by atoms with Gasteiger partial charge < -0.3 is 4.90 Å². The average molecular weight is 299 g/mol. The van der Waals surface area contributed by atoms with E-state index in [0.29, 0.717) is 6.54 Å². The van der Waals surface area contributed by atoms with Gasteiger partial charge in [0.25, 0.3) is 5.91 Å². The number of carbonyl (C=O) groups excluding carboxylic acids is 1. The molecule has 2 rings (SSSR count). The molecule has 0 radical (unpaired) electrons. The number of hydrogen-bond acceptors (Lipinski definition) is 1. The second kappa shape index (κ2) is 6.50. The molecule has 1 aliphatic carbocycles. The van der Waals surface area contributed by atoms with Gasteiger partial charge in [0.2, 0.25) is 0 Å². The maximum absolute atomic E-state index is 13.3. The van der Waals surface area contributed by atoms with Crippen LogP contribution in [-0.4, -0.2) is 23.4 Å². The Bertz CT molecular complexity index is 501. The zero-order valence-electron chi connectivity index (χ0n) is 12.3. The molecule has 1 fully saturated rings. The topological polar surface area (TPSA) is 20.3 Å². The molecule has 5 heteroatoms. The lowest BCUT2D eigenvalue weighted by Gasteiger charge is -2.30. The molecule has 0 atom stereocenters. The summed E-state index contributed by atoms with van der Waals surface area (Å²) >= 11 is 0. The average Bonchev–Trinajstić information content (AvgIpc) is 2.94. The zero-order chi connectivity index (χ0) is 15.6. The van der Waals surface area contributed by atoms with Gasteiger partial charge in [0.1, 0.15) is 0 Å². The van der Waals surface area contributed by atoms with E-state index in [9.17, 15) is 18.0 Å². The molecule has 1 saturated carbocycles. The Kier molecular flexibility index (Phi) is 4.91. The van der Waals surface area contributed by atoms with Crippen molar-refractivity contribution in [2.45, 2.75) is 45.6 Å². The predicted octanol–water partition coefficient (Wildman–Crippen LogP) is 4.14. The first-order chi connectivity index (χ1) is 9.90. The molecule has 0 saturated heterocycles. The second-order valence-electron chi connectivity index (χ2n) is 6.04. The van der Waals surface area contributed by atoms with Crippen molar-refractivity contribution in [3.05, 3.63) is 35.1 Å². The third-order valence-corrected chi connectivity index (χ3v) is 3.82. The summed E-state index contributed by atoms with van der Waals surface area (Å²) in [6.45, 7) is 4.51. The fourth-order valence-corrected chi connectivity index (χ4v) is 2.85. The largest absolute Gasteiger partial charge is 0.335 e. The number of benzene rings is 1. The van der Waals surface area contributed by atoms with Gasteiger partial charge in [-0.25, -0.2) is 13.2 Å². The van der Waals surface area contributed by atoms with Crippen LogP contribution in [0.25, 0.3) is 0 Å². The van der Waals surface area contributed by atoms with Crippen molar-refractivity contribution in [2.75, 3.05) is 6.54 Å². The van der Waals surface area contributed by atoms with E-state index in [1.807, 2.05) is 13.8 Å². The maximum Gasteiger partial charge on any atom is 0.254 e. The summed E-state index contributed by atoms with van der Waals surface area (Å²) in [5.41, 5.74) is -0.126. The highest BCUT2D eigenvalue weighted by Gasteiger charge is 2.29. The molecule has 1 amide bonds. The Morgan fingerprint density at radius 2 is 1.71 bits per heavy atom. The van der Waals surface area contributed by atoms with Crippen molar-refractivity contribution in [2.24, 2.45) is 5.92 Å². The highest BCUT2D eigenvalue weighted by molar-refractivity contribution is 5.94. The Morgan fingerprint density at radius 1 is 1.19 bits per heavy atom. The Balaban J connectivity index is 2.28. The van der Waals surface area contributed by atoms with Gasteiger partial charge in [0.15, 0.2) is 17.5 Å². The van der Waals surface area contributed by atoms with Gasteiger partial charge in [-0.1, -0.05) is 26.7 Å². The first-order valence-electron chi connectivity index (χ1n) is 7.35. The summed E-state index contributed by atoms with van der Waals surface area (Å²) < 4.78 is 39.6. The number of hydrogen-bond donors (Lipinski definition) is 0. The van der Waals surface area contributed by atoms with Gasteiger partial charge in [0.05, 0.1) is 0 Å². The maximum atomic E-state index is 13.3. The van der Waals surface area contributed by atoms with E-state index in [4.69, 9.17) is 0 Å². The molecule has 2 nitrogen and oxygen atoms in total. The second-order valence-corrected chi connectivity index (χ2v) is 6.04. The fraction of sp³-hybridized carbons (Fsp3) is 0.562. The molecule has 116 valence electrons. The lowest BCUT2D eigenvalue weighted by atomic mass is 10.1. The van der Waals surface area contributed by atoms with E-state index in [2.05, 4.69) is 0 Å². The monoisotopic (exact) mass is 299 g/mol. The highest BCUT2D eigenvalue weighted by atomic mass is 19.2. The van der Waals surface area contributed by atoms with Crippen LogP contribution in [0.2, 0.25) is 0 Å². The summed E-state index contributed by atoms with van der Waals surface area (Å²) in [4.78, 5) is 14.2. The minimum absolute atomic E-state index is 0.107. The molecule has 1 aliphatic rings. The summed E-state index contributed by atoms with van der Waals surface area (Å²) in [5, 5.41) is 0. The molecule has 0 aromatic heterocycles. The van der Waals surface area contributed by atoms with Crippen LogP contribution in [0, 0.1) is 23.4 Å². The first-order valence-corrected chi connectivity index (χ1v) is 7.35. The molecule has 1 aromatic carbocycles. The SMILES string of the molecule is CC(C)CN(C(=O)c1cc(F)c(F)c(F)c1)C1CCCC1. The van der Waals surface area contributed by atoms with Crippen molar-refractivity contribution in [3.8, 4) is 0 Å².